The zero-order valence-corrected chi connectivity index (χ0v) is 19.7. The molecule has 0 unspecified atom stereocenters. The number of aromatic nitrogens is 4. The van der Waals surface area contributed by atoms with Gasteiger partial charge in [-0.1, -0.05) is 48.8 Å². The van der Waals surface area contributed by atoms with Gasteiger partial charge in [-0.25, -0.2) is 4.79 Å². The summed E-state index contributed by atoms with van der Waals surface area (Å²) in [6.07, 6.45) is 1.84. The predicted molar refractivity (Wildman–Crippen MR) is 131 cm³/mol. The van der Waals surface area contributed by atoms with E-state index in [1.165, 1.54) is 17.8 Å². The van der Waals surface area contributed by atoms with Gasteiger partial charge in [-0.2, -0.15) is 0 Å². The molecule has 0 radical (unpaired) electrons. The molecule has 3 aromatic heterocycles. The summed E-state index contributed by atoms with van der Waals surface area (Å²) in [5.74, 6) is 0.982. The van der Waals surface area contributed by atoms with Crippen LogP contribution >= 0.6 is 23.4 Å². The van der Waals surface area contributed by atoms with Crippen molar-refractivity contribution < 1.29 is 4.42 Å². The van der Waals surface area contributed by atoms with Crippen molar-refractivity contribution in [2.75, 3.05) is 0 Å². The van der Waals surface area contributed by atoms with E-state index in [4.69, 9.17) is 16.0 Å². The van der Waals surface area contributed by atoms with Gasteiger partial charge in [-0.3, -0.25) is 13.8 Å². The van der Waals surface area contributed by atoms with Crippen molar-refractivity contribution in [2.24, 2.45) is 0 Å². The molecule has 7 nitrogen and oxygen atoms in total. The summed E-state index contributed by atoms with van der Waals surface area (Å²) in [6.45, 7) is 4.53. The lowest BCUT2D eigenvalue weighted by molar-refractivity contribution is 0.559. The van der Waals surface area contributed by atoms with Gasteiger partial charge in [0.1, 0.15) is 5.58 Å². The molecule has 168 valence electrons. The van der Waals surface area contributed by atoms with Crippen LogP contribution in [-0.2, 0) is 12.3 Å². The van der Waals surface area contributed by atoms with E-state index in [1.54, 1.807) is 10.6 Å². The van der Waals surface area contributed by atoms with E-state index in [2.05, 4.69) is 17.1 Å². The van der Waals surface area contributed by atoms with Crippen LogP contribution in [0.2, 0.25) is 5.02 Å². The lowest BCUT2D eigenvalue weighted by atomic mass is 10.1. The Bertz CT molecular complexity index is 1640. The van der Waals surface area contributed by atoms with E-state index in [0.717, 1.165) is 34.9 Å². The second-order valence-corrected chi connectivity index (χ2v) is 9.27. The van der Waals surface area contributed by atoms with Crippen molar-refractivity contribution in [1.82, 2.24) is 19.2 Å². The fourth-order valence-electron chi connectivity index (χ4n) is 3.95. The Morgan fingerprint density at radius 2 is 1.91 bits per heavy atom. The van der Waals surface area contributed by atoms with E-state index >= 15 is 0 Å². The molecule has 0 N–H and O–H groups in total. The fraction of sp³-hybridized carbons (Fsp3) is 0.250. The minimum atomic E-state index is -0.412. The molecular formula is C24H21ClN4O3S. The number of rotatable bonds is 6. The Hall–Kier alpha value is -3.10. The van der Waals surface area contributed by atoms with Gasteiger partial charge < -0.3 is 4.42 Å². The van der Waals surface area contributed by atoms with E-state index in [1.807, 2.05) is 41.7 Å². The normalized spacial score (nSPS) is 11.7. The van der Waals surface area contributed by atoms with Gasteiger partial charge in [-0.15, -0.1) is 10.2 Å². The van der Waals surface area contributed by atoms with Crippen LogP contribution in [0.1, 0.15) is 30.9 Å². The van der Waals surface area contributed by atoms with E-state index in [0.29, 0.717) is 39.2 Å². The Kier molecular flexibility index (Phi) is 5.72. The largest absolute Gasteiger partial charge is 0.423 e. The molecule has 0 aliphatic heterocycles. The second kappa shape index (κ2) is 8.68. The van der Waals surface area contributed by atoms with E-state index < -0.39 is 5.63 Å². The smallest absolute Gasteiger partial charge is 0.336 e. The highest BCUT2D eigenvalue weighted by Crippen LogP contribution is 2.30. The molecule has 33 heavy (non-hydrogen) atoms. The average molecular weight is 481 g/mol. The van der Waals surface area contributed by atoms with Crippen LogP contribution in [0.4, 0.5) is 0 Å². The number of halogens is 1. The molecule has 3 heterocycles. The van der Waals surface area contributed by atoms with Crippen LogP contribution in [0.25, 0.3) is 27.6 Å². The van der Waals surface area contributed by atoms with Crippen LogP contribution in [0, 0.1) is 6.92 Å². The number of thioether (sulfide) groups is 1. The van der Waals surface area contributed by atoms with E-state index in [-0.39, 0.29) is 5.56 Å². The molecule has 9 heteroatoms. The van der Waals surface area contributed by atoms with Gasteiger partial charge in [0.15, 0.2) is 5.16 Å². The third-order valence-electron chi connectivity index (χ3n) is 5.68. The number of para-hydroxylation sites is 1. The van der Waals surface area contributed by atoms with Crippen molar-refractivity contribution in [3.05, 3.63) is 79.4 Å². The number of hydrogen-bond donors (Lipinski definition) is 0. The maximum Gasteiger partial charge on any atom is 0.336 e. The lowest BCUT2D eigenvalue weighted by Crippen LogP contribution is -2.23. The van der Waals surface area contributed by atoms with Gasteiger partial charge in [0, 0.05) is 28.8 Å². The Morgan fingerprint density at radius 3 is 2.73 bits per heavy atom. The first-order valence-electron chi connectivity index (χ1n) is 10.7. The van der Waals surface area contributed by atoms with Gasteiger partial charge in [0.25, 0.3) is 5.56 Å². The Balaban J connectivity index is 1.63. The highest BCUT2D eigenvalue weighted by molar-refractivity contribution is 7.98. The zero-order valence-electron chi connectivity index (χ0n) is 18.2. The van der Waals surface area contributed by atoms with Crippen LogP contribution in [0.15, 0.2) is 61.6 Å². The summed E-state index contributed by atoms with van der Waals surface area (Å²) in [6, 6.07) is 12.6. The Morgan fingerprint density at radius 1 is 1.09 bits per heavy atom. The van der Waals surface area contributed by atoms with Gasteiger partial charge in [0.05, 0.1) is 10.9 Å². The van der Waals surface area contributed by atoms with Crippen molar-refractivity contribution >= 4 is 51.0 Å². The number of fused-ring (bicyclic) bond motifs is 4. The van der Waals surface area contributed by atoms with E-state index in [9.17, 15) is 9.59 Å². The molecule has 0 aliphatic rings. The quantitative estimate of drug-likeness (QED) is 0.245. The first-order valence-corrected chi connectivity index (χ1v) is 12.1. The van der Waals surface area contributed by atoms with Crippen molar-refractivity contribution in [3.8, 4) is 0 Å². The minimum Gasteiger partial charge on any atom is -0.423 e. The molecule has 0 spiro atoms. The topological polar surface area (TPSA) is 82.4 Å². The number of unbranched alkanes of at least 4 members (excludes halogenated alkanes) is 1. The summed E-state index contributed by atoms with van der Waals surface area (Å²) in [7, 11) is 0. The standard InChI is InChI=1S/C24H21ClN4O3S/c1-3-4-9-28-22(31)16-7-5-6-8-19(16)29-23(28)26-27-24(29)33-13-15-11-21(30)32-20-10-14(2)18(25)12-17(15)20/h5-8,10-12H,3-4,9,13H2,1-2H3. The van der Waals surface area contributed by atoms with Crippen LogP contribution in [-0.4, -0.2) is 19.2 Å². The van der Waals surface area contributed by atoms with Crippen LogP contribution in [0.5, 0.6) is 0 Å². The molecule has 0 saturated carbocycles. The van der Waals surface area contributed by atoms with Crippen LogP contribution in [0.3, 0.4) is 0 Å². The van der Waals surface area contributed by atoms with Gasteiger partial charge in [-0.05, 0) is 48.7 Å². The fourth-order valence-corrected chi connectivity index (χ4v) is 5.05. The average Bonchev–Trinajstić information content (AvgIpc) is 3.22. The van der Waals surface area contributed by atoms with Gasteiger partial charge >= 0.3 is 5.63 Å². The molecule has 0 atom stereocenters. The summed E-state index contributed by atoms with van der Waals surface area (Å²) < 4.78 is 8.99. The molecule has 0 bridgehead atoms. The monoisotopic (exact) mass is 480 g/mol. The maximum atomic E-state index is 13.1. The van der Waals surface area contributed by atoms with Crippen LogP contribution < -0.4 is 11.2 Å². The number of hydrogen-bond acceptors (Lipinski definition) is 6. The lowest BCUT2D eigenvalue weighted by Gasteiger charge is -2.11. The minimum absolute atomic E-state index is 0.0628. The third-order valence-corrected chi connectivity index (χ3v) is 7.06. The second-order valence-electron chi connectivity index (χ2n) is 7.92. The predicted octanol–water partition coefficient (Wildman–Crippen LogP) is 5.20. The van der Waals surface area contributed by atoms with Crippen molar-refractivity contribution in [1.29, 1.82) is 0 Å². The number of nitrogens with zero attached hydrogens (tertiary/aromatic N) is 4. The molecule has 2 aromatic carbocycles. The molecular weight excluding hydrogens is 460 g/mol. The third kappa shape index (κ3) is 3.83. The highest BCUT2D eigenvalue weighted by atomic mass is 35.5. The van der Waals surface area contributed by atoms with Crippen molar-refractivity contribution in [3.63, 3.8) is 0 Å². The zero-order chi connectivity index (χ0) is 23.1. The molecule has 0 amide bonds. The molecule has 0 fully saturated rings. The Labute approximate surface area is 198 Å². The summed E-state index contributed by atoms with van der Waals surface area (Å²) >= 11 is 7.78. The SMILES string of the molecule is CCCCn1c(=O)c2ccccc2n2c(SCc3cc(=O)oc4cc(C)c(Cl)cc34)nnc12. The van der Waals surface area contributed by atoms with Crippen molar-refractivity contribution in [2.45, 2.75) is 44.1 Å². The number of aryl methyl sites for hydroxylation is 2. The molecule has 0 aliphatic carbocycles. The summed E-state index contributed by atoms with van der Waals surface area (Å²) in [5, 5.41) is 11.4. The summed E-state index contributed by atoms with van der Waals surface area (Å²) in [5.41, 5.74) is 2.43. The highest BCUT2D eigenvalue weighted by Gasteiger charge is 2.17. The first-order chi connectivity index (χ1) is 16.0. The number of benzene rings is 2. The summed E-state index contributed by atoms with van der Waals surface area (Å²) in [4.78, 5) is 25.2. The first kappa shape index (κ1) is 21.7. The molecule has 0 saturated heterocycles. The molecule has 5 aromatic rings. The van der Waals surface area contributed by atoms with Gasteiger partial charge in [0.2, 0.25) is 5.78 Å². The molecule has 5 rings (SSSR count). The maximum absolute atomic E-state index is 13.1.